The molecule has 0 unspecified atom stereocenters. The van der Waals surface area contributed by atoms with Gasteiger partial charge in [0.2, 0.25) is 0 Å². The summed E-state index contributed by atoms with van der Waals surface area (Å²) >= 11 is 9.29. The number of pyridine rings is 1. The van der Waals surface area contributed by atoms with Crippen LogP contribution in [0.15, 0.2) is 41.0 Å². The van der Waals surface area contributed by atoms with Crippen LogP contribution in [0.3, 0.4) is 0 Å². The minimum atomic E-state index is 0.582. The number of nitrogens with zero attached hydrogens (tertiary/aromatic N) is 3. The third-order valence-corrected chi connectivity index (χ3v) is 3.28. The Kier molecular flexibility index (Phi) is 3.85. The Morgan fingerprint density at radius 2 is 2.00 bits per heavy atom. The number of hydrogen-bond acceptors (Lipinski definition) is 3. The second-order valence-electron chi connectivity index (χ2n) is 3.68. The van der Waals surface area contributed by atoms with Gasteiger partial charge >= 0.3 is 0 Å². The van der Waals surface area contributed by atoms with Gasteiger partial charge in [0.05, 0.1) is 21.1 Å². The molecular weight excluding hydrogens is 314 g/mol. The molecule has 0 saturated heterocycles. The summed E-state index contributed by atoms with van der Waals surface area (Å²) in [5, 5.41) is 9.34. The van der Waals surface area contributed by atoms with Gasteiger partial charge < -0.3 is 4.90 Å². The van der Waals surface area contributed by atoms with E-state index in [4.69, 9.17) is 16.9 Å². The van der Waals surface area contributed by atoms with Crippen molar-refractivity contribution in [3.05, 3.63) is 51.6 Å². The van der Waals surface area contributed by atoms with E-state index in [0.717, 1.165) is 16.0 Å². The summed E-state index contributed by atoms with van der Waals surface area (Å²) < 4.78 is 0.821. The van der Waals surface area contributed by atoms with Crippen LogP contribution in [0.25, 0.3) is 0 Å². The van der Waals surface area contributed by atoms with Crippen LogP contribution < -0.4 is 4.90 Å². The summed E-state index contributed by atoms with van der Waals surface area (Å²) in [5.74, 6) is 0.768. The summed E-state index contributed by atoms with van der Waals surface area (Å²) in [6.07, 6.45) is 1.60. The highest BCUT2D eigenvalue weighted by atomic mass is 79.9. The minimum absolute atomic E-state index is 0.582. The van der Waals surface area contributed by atoms with Gasteiger partial charge in [-0.25, -0.2) is 4.98 Å². The summed E-state index contributed by atoms with van der Waals surface area (Å²) in [6, 6.07) is 11.2. The van der Waals surface area contributed by atoms with E-state index in [2.05, 4.69) is 27.0 Å². The average molecular weight is 323 g/mol. The third-order valence-electron chi connectivity index (χ3n) is 2.49. The molecule has 1 aromatic heterocycles. The summed E-state index contributed by atoms with van der Waals surface area (Å²) in [6.45, 7) is 0. The first-order chi connectivity index (χ1) is 8.61. The molecule has 1 heterocycles. The first-order valence-electron chi connectivity index (χ1n) is 5.17. The molecule has 0 atom stereocenters. The molecule has 0 aliphatic heterocycles. The van der Waals surface area contributed by atoms with Crippen molar-refractivity contribution >= 4 is 39.0 Å². The zero-order chi connectivity index (χ0) is 13.1. The normalized spacial score (nSPS) is 9.89. The van der Waals surface area contributed by atoms with E-state index in [9.17, 15) is 0 Å². The summed E-state index contributed by atoms with van der Waals surface area (Å²) in [4.78, 5) is 6.20. The van der Waals surface area contributed by atoms with Crippen molar-refractivity contribution < 1.29 is 0 Å². The van der Waals surface area contributed by atoms with E-state index in [1.165, 1.54) is 0 Å². The van der Waals surface area contributed by atoms with Gasteiger partial charge in [-0.2, -0.15) is 5.26 Å². The fourth-order valence-electron chi connectivity index (χ4n) is 1.54. The van der Waals surface area contributed by atoms with Crippen LogP contribution in [-0.4, -0.2) is 12.0 Å². The lowest BCUT2D eigenvalue weighted by molar-refractivity contribution is 1.12. The summed E-state index contributed by atoms with van der Waals surface area (Å²) in [5.41, 5.74) is 1.58. The van der Waals surface area contributed by atoms with Gasteiger partial charge in [-0.15, -0.1) is 0 Å². The lowest BCUT2D eigenvalue weighted by Crippen LogP contribution is -2.11. The van der Waals surface area contributed by atoms with E-state index < -0.39 is 0 Å². The first-order valence-corrected chi connectivity index (χ1v) is 6.34. The molecule has 90 valence electrons. The third kappa shape index (κ3) is 2.63. The van der Waals surface area contributed by atoms with Crippen LogP contribution in [0.4, 0.5) is 11.5 Å². The van der Waals surface area contributed by atoms with Crippen molar-refractivity contribution in [3.63, 3.8) is 0 Å². The van der Waals surface area contributed by atoms with E-state index in [1.54, 1.807) is 24.4 Å². The molecule has 5 heteroatoms. The predicted octanol–water partition coefficient (Wildman–Crippen LogP) is 4.14. The van der Waals surface area contributed by atoms with Gasteiger partial charge in [-0.05, 0) is 46.3 Å². The monoisotopic (exact) mass is 321 g/mol. The average Bonchev–Trinajstić information content (AvgIpc) is 2.38. The van der Waals surface area contributed by atoms with Crippen LogP contribution in [0.2, 0.25) is 5.02 Å². The number of hydrogen-bond donors (Lipinski definition) is 0. The van der Waals surface area contributed by atoms with E-state index in [1.807, 2.05) is 24.1 Å². The topological polar surface area (TPSA) is 39.9 Å². The van der Waals surface area contributed by atoms with Gasteiger partial charge in [0, 0.05) is 18.9 Å². The van der Waals surface area contributed by atoms with Gasteiger partial charge in [0.25, 0.3) is 0 Å². The smallest absolute Gasteiger partial charge is 0.147 e. The van der Waals surface area contributed by atoms with Crippen LogP contribution in [-0.2, 0) is 0 Å². The van der Waals surface area contributed by atoms with Crippen molar-refractivity contribution in [1.82, 2.24) is 4.98 Å². The van der Waals surface area contributed by atoms with E-state index in [-0.39, 0.29) is 0 Å². The number of aromatic nitrogens is 1. The second kappa shape index (κ2) is 5.38. The summed E-state index contributed by atoms with van der Waals surface area (Å²) in [7, 11) is 1.91. The molecule has 1 aromatic carbocycles. The molecule has 18 heavy (non-hydrogen) atoms. The Bertz CT molecular complexity index is 605. The quantitative estimate of drug-likeness (QED) is 0.834. The lowest BCUT2D eigenvalue weighted by Gasteiger charge is -2.19. The van der Waals surface area contributed by atoms with Crippen LogP contribution in [0.1, 0.15) is 5.56 Å². The Labute approximate surface area is 119 Å². The SMILES string of the molecule is CN(c1ccc(C#N)cc1)c1ncc(Cl)cc1Br. The van der Waals surface area contributed by atoms with Crippen molar-refractivity contribution in [2.45, 2.75) is 0 Å². The standard InChI is InChI=1S/C13H9BrClN3/c1-18(11-4-2-9(7-16)3-5-11)13-12(14)6-10(15)8-17-13/h2-6,8H,1H3. The molecule has 0 fully saturated rings. The maximum Gasteiger partial charge on any atom is 0.147 e. The number of halogens is 2. The minimum Gasteiger partial charge on any atom is -0.329 e. The number of nitriles is 1. The van der Waals surface area contributed by atoms with Crippen LogP contribution in [0, 0.1) is 11.3 Å². The van der Waals surface area contributed by atoms with Crippen molar-refractivity contribution in [1.29, 1.82) is 5.26 Å². The molecular formula is C13H9BrClN3. The maximum atomic E-state index is 8.76. The molecule has 0 N–H and O–H groups in total. The fraction of sp³-hybridized carbons (Fsp3) is 0.0769. The Hall–Kier alpha value is -1.57. The zero-order valence-electron chi connectivity index (χ0n) is 9.56. The van der Waals surface area contributed by atoms with Gasteiger partial charge in [-0.1, -0.05) is 11.6 Å². The second-order valence-corrected chi connectivity index (χ2v) is 4.97. The molecule has 3 nitrogen and oxygen atoms in total. The highest BCUT2D eigenvalue weighted by molar-refractivity contribution is 9.10. The number of benzene rings is 1. The Morgan fingerprint density at radius 1 is 1.33 bits per heavy atom. The van der Waals surface area contributed by atoms with Crippen LogP contribution in [0.5, 0.6) is 0 Å². The molecule has 0 amide bonds. The molecule has 0 spiro atoms. The lowest BCUT2D eigenvalue weighted by atomic mass is 10.2. The molecule has 0 bridgehead atoms. The maximum absolute atomic E-state index is 8.76. The molecule has 0 saturated carbocycles. The van der Waals surface area contributed by atoms with Crippen molar-refractivity contribution in [2.24, 2.45) is 0 Å². The molecule has 0 aliphatic carbocycles. The largest absolute Gasteiger partial charge is 0.329 e. The fourth-order valence-corrected chi connectivity index (χ4v) is 2.44. The highest BCUT2D eigenvalue weighted by Crippen LogP contribution is 2.30. The molecule has 0 aliphatic rings. The molecule has 2 rings (SSSR count). The van der Waals surface area contributed by atoms with Crippen molar-refractivity contribution in [3.8, 4) is 6.07 Å². The zero-order valence-corrected chi connectivity index (χ0v) is 11.9. The van der Waals surface area contributed by atoms with E-state index >= 15 is 0 Å². The predicted molar refractivity (Wildman–Crippen MR) is 76.2 cm³/mol. The first kappa shape index (κ1) is 12.9. The van der Waals surface area contributed by atoms with Crippen LogP contribution >= 0.6 is 27.5 Å². The van der Waals surface area contributed by atoms with Gasteiger partial charge in [0.15, 0.2) is 0 Å². The molecule has 2 aromatic rings. The Morgan fingerprint density at radius 3 is 2.56 bits per heavy atom. The number of anilines is 2. The number of rotatable bonds is 2. The van der Waals surface area contributed by atoms with E-state index in [0.29, 0.717) is 10.6 Å². The van der Waals surface area contributed by atoms with Crippen molar-refractivity contribution in [2.75, 3.05) is 11.9 Å². The highest BCUT2D eigenvalue weighted by Gasteiger charge is 2.09. The Balaban J connectivity index is 2.35. The van der Waals surface area contributed by atoms with Gasteiger partial charge in [-0.3, -0.25) is 0 Å². The molecule has 0 radical (unpaired) electrons. The van der Waals surface area contributed by atoms with Gasteiger partial charge in [0.1, 0.15) is 5.82 Å².